The van der Waals surface area contributed by atoms with Gasteiger partial charge in [-0.25, -0.2) is 0 Å². The number of nitrogens with zero attached hydrogens (tertiary/aromatic N) is 2. The highest BCUT2D eigenvalue weighted by atomic mass is 16.5. The van der Waals surface area contributed by atoms with Crippen molar-refractivity contribution in [2.75, 3.05) is 13.1 Å². The van der Waals surface area contributed by atoms with Gasteiger partial charge in [-0.2, -0.15) is 0 Å². The smallest absolute Gasteiger partial charge is 0.0603 e. The lowest BCUT2D eigenvalue weighted by molar-refractivity contribution is -0.0808. The van der Waals surface area contributed by atoms with E-state index in [1.54, 1.807) is 0 Å². The van der Waals surface area contributed by atoms with Gasteiger partial charge in [-0.05, 0) is 81.1 Å². The van der Waals surface area contributed by atoms with Gasteiger partial charge in [0.05, 0.1) is 17.7 Å². The van der Waals surface area contributed by atoms with Crippen LogP contribution in [0.5, 0.6) is 0 Å². The molecule has 4 heteroatoms. The first-order chi connectivity index (χ1) is 16.1. The van der Waals surface area contributed by atoms with Crippen molar-refractivity contribution in [1.82, 2.24) is 14.9 Å². The summed E-state index contributed by atoms with van der Waals surface area (Å²) in [5, 5.41) is 5.92. The van der Waals surface area contributed by atoms with Gasteiger partial charge >= 0.3 is 0 Å². The molecule has 0 unspecified atom stereocenters. The van der Waals surface area contributed by atoms with Crippen molar-refractivity contribution in [3.8, 4) is 0 Å². The summed E-state index contributed by atoms with van der Waals surface area (Å²) in [6, 6.07) is 9.10. The van der Waals surface area contributed by atoms with Crippen LogP contribution in [0.3, 0.4) is 0 Å². The van der Waals surface area contributed by atoms with Gasteiger partial charge in [0.25, 0.3) is 0 Å². The van der Waals surface area contributed by atoms with Gasteiger partial charge in [0.15, 0.2) is 0 Å². The first-order valence-electron chi connectivity index (χ1n) is 13.3. The molecule has 2 aliphatic rings. The third-order valence-electron chi connectivity index (χ3n) is 7.58. The predicted molar refractivity (Wildman–Crippen MR) is 140 cm³/mol. The fourth-order valence-corrected chi connectivity index (χ4v) is 5.64. The highest BCUT2D eigenvalue weighted by Crippen LogP contribution is 2.33. The van der Waals surface area contributed by atoms with E-state index in [0.29, 0.717) is 18.1 Å². The maximum atomic E-state index is 5.96. The number of nitrogens with one attached hydrogen (secondary N) is 1. The Morgan fingerprint density at radius 1 is 1.00 bits per heavy atom. The van der Waals surface area contributed by atoms with E-state index >= 15 is 0 Å². The number of hydrogen-bond acceptors (Lipinski definition) is 3. The molecule has 1 saturated carbocycles. The topological polar surface area (TPSA) is 39.1 Å². The highest BCUT2D eigenvalue weighted by Gasteiger charge is 2.28. The van der Waals surface area contributed by atoms with E-state index < -0.39 is 0 Å². The third-order valence-corrected chi connectivity index (χ3v) is 7.58. The van der Waals surface area contributed by atoms with Gasteiger partial charge in [0, 0.05) is 35.7 Å². The van der Waals surface area contributed by atoms with E-state index in [9.17, 15) is 0 Å². The van der Waals surface area contributed by atoms with Crippen molar-refractivity contribution >= 4 is 21.8 Å². The first kappa shape index (κ1) is 24.2. The summed E-state index contributed by atoms with van der Waals surface area (Å²) in [4.78, 5) is 4.28. The molecule has 5 rings (SSSR count). The number of aryl methyl sites for hydroxylation is 1. The number of ether oxygens (including phenoxy) is 1. The van der Waals surface area contributed by atoms with Crippen molar-refractivity contribution < 1.29 is 4.74 Å². The normalized spacial score (nSPS) is 21.2. The monoisotopic (exact) mass is 449 g/mol. The molecule has 1 aliphatic heterocycles. The molecular formula is C29H43N3O. The van der Waals surface area contributed by atoms with Crippen molar-refractivity contribution in [2.24, 2.45) is 13.0 Å². The molecule has 1 saturated heterocycles. The molecule has 2 aromatic heterocycles. The summed E-state index contributed by atoms with van der Waals surface area (Å²) < 4.78 is 8.25. The summed E-state index contributed by atoms with van der Waals surface area (Å²) in [5.74, 6) is 1.61. The second kappa shape index (κ2) is 11.5. The standard InChI is InChI=1S/C19H24N2.C10H19NO/c1-4-6-14(7-5-2)15-8-9-16-17-13-20-11-10-18(17)21(3)19(16)12-15;1-8-6-10(7-8)12-9-2-4-11-5-3-9/h8-14H,4-7H2,1-3H3;8-11H,2-7H2,1H3. The second-order valence-electron chi connectivity index (χ2n) is 10.3. The minimum atomic E-state index is 0.559. The largest absolute Gasteiger partial charge is 0.375 e. The SMILES string of the molecule is CC1CC(OC2CCNCC2)C1.CCCC(CCC)c1ccc2c3cnccc3n(C)c2c1. The lowest BCUT2D eigenvalue weighted by Gasteiger charge is -2.36. The summed E-state index contributed by atoms with van der Waals surface area (Å²) in [7, 11) is 2.16. The summed E-state index contributed by atoms with van der Waals surface area (Å²) in [6.45, 7) is 9.16. The first-order valence-corrected chi connectivity index (χ1v) is 13.3. The average Bonchev–Trinajstić information content (AvgIpc) is 3.11. The van der Waals surface area contributed by atoms with Crippen LogP contribution in [-0.2, 0) is 11.8 Å². The molecule has 3 aromatic rings. The van der Waals surface area contributed by atoms with Crippen LogP contribution < -0.4 is 5.32 Å². The van der Waals surface area contributed by atoms with Crippen molar-refractivity contribution in [2.45, 2.75) is 90.3 Å². The van der Waals surface area contributed by atoms with Crippen molar-refractivity contribution in [3.05, 3.63) is 42.2 Å². The van der Waals surface area contributed by atoms with E-state index in [2.05, 4.69) is 67.0 Å². The number of hydrogen-bond donors (Lipinski definition) is 1. The van der Waals surface area contributed by atoms with Crippen LogP contribution in [0.15, 0.2) is 36.7 Å². The fourth-order valence-electron chi connectivity index (χ4n) is 5.64. The Balaban J connectivity index is 0.000000183. The minimum absolute atomic E-state index is 0.559. The minimum Gasteiger partial charge on any atom is -0.375 e. The van der Waals surface area contributed by atoms with E-state index in [4.69, 9.17) is 4.74 Å². The zero-order chi connectivity index (χ0) is 23.2. The highest BCUT2D eigenvalue weighted by molar-refractivity contribution is 6.07. The van der Waals surface area contributed by atoms with E-state index in [1.165, 1.54) is 78.7 Å². The van der Waals surface area contributed by atoms with Crippen LogP contribution in [0.25, 0.3) is 21.8 Å². The Morgan fingerprint density at radius 2 is 1.73 bits per heavy atom. The van der Waals surface area contributed by atoms with Crippen LogP contribution in [0, 0.1) is 5.92 Å². The maximum Gasteiger partial charge on any atom is 0.0603 e. The number of benzene rings is 1. The lowest BCUT2D eigenvalue weighted by Crippen LogP contribution is -2.38. The molecule has 1 aliphatic carbocycles. The molecule has 0 amide bonds. The Morgan fingerprint density at radius 3 is 2.39 bits per heavy atom. The fraction of sp³-hybridized carbons (Fsp3) is 0.621. The van der Waals surface area contributed by atoms with Crippen molar-refractivity contribution in [1.29, 1.82) is 0 Å². The van der Waals surface area contributed by atoms with Crippen LogP contribution in [-0.4, -0.2) is 34.8 Å². The molecular weight excluding hydrogens is 406 g/mol. The second-order valence-corrected chi connectivity index (χ2v) is 10.3. The molecule has 0 bridgehead atoms. The summed E-state index contributed by atoms with van der Waals surface area (Å²) in [5.41, 5.74) is 4.08. The predicted octanol–water partition coefficient (Wildman–Crippen LogP) is 6.96. The quantitative estimate of drug-likeness (QED) is 0.423. The molecule has 0 radical (unpaired) electrons. The van der Waals surface area contributed by atoms with Crippen molar-refractivity contribution in [3.63, 3.8) is 0 Å². The molecule has 0 atom stereocenters. The molecule has 1 N–H and O–H groups in total. The molecule has 180 valence electrons. The van der Waals surface area contributed by atoms with Gasteiger partial charge in [-0.3, -0.25) is 4.98 Å². The zero-order valence-electron chi connectivity index (χ0n) is 21.1. The van der Waals surface area contributed by atoms with E-state index in [1.807, 2.05) is 12.4 Å². The molecule has 0 spiro atoms. The van der Waals surface area contributed by atoms with Crippen LogP contribution >= 0.6 is 0 Å². The maximum absolute atomic E-state index is 5.96. The molecule has 33 heavy (non-hydrogen) atoms. The Kier molecular flexibility index (Phi) is 8.43. The average molecular weight is 450 g/mol. The van der Waals surface area contributed by atoms with Gasteiger partial charge in [0.2, 0.25) is 0 Å². The van der Waals surface area contributed by atoms with Gasteiger partial charge in [-0.1, -0.05) is 45.7 Å². The van der Waals surface area contributed by atoms with E-state index in [0.717, 1.165) is 19.0 Å². The number of aromatic nitrogens is 2. The number of rotatable bonds is 7. The Labute approximate surface area is 200 Å². The Bertz CT molecular complexity index is 1010. The summed E-state index contributed by atoms with van der Waals surface area (Å²) in [6.07, 6.45) is 15.1. The Hall–Kier alpha value is -1.91. The molecule has 1 aromatic carbocycles. The summed E-state index contributed by atoms with van der Waals surface area (Å²) >= 11 is 0. The van der Waals surface area contributed by atoms with Crippen LogP contribution in [0.2, 0.25) is 0 Å². The number of piperidine rings is 1. The zero-order valence-corrected chi connectivity index (χ0v) is 21.1. The van der Waals surface area contributed by atoms with Gasteiger partial charge < -0.3 is 14.6 Å². The van der Waals surface area contributed by atoms with Gasteiger partial charge in [-0.15, -0.1) is 0 Å². The number of fused-ring (bicyclic) bond motifs is 3. The molecule has 4 nitrogen and oxygen atoms in total. The van der Waals surface area contributed by atoms with E-state index in [-0.39, 0.29) is 0 Å². The third kappa shape index (κ3) is 5.78. The molecule has 3 heterocycles. The molecule has 2 fully saturated rings. The number of pyridine rings is 1. The van der Waals surface area contributed by atoms with Gasteiger partial charge in [0.1, 0.15) is 0 Å². The van der Waals surface area contributed by atoms with Crippen LogP contribution in [0.4, 0.5) is 0 Å². The lowest BCUT2D eigenvalue weighted by atomic mass is 9.84. The van der Waals surface area contributed by atoms with Crippen LogP contribution in [0.1, 0.15) is 83.6 Å².